The SMILES string of the molecule is O=S(=O)(NCc1cccnn1)c1ccccc1C#CCO. The zero-order chi connectivity index (χ0) is 15.1. The van der Waals surface area contributed by atoms with Gasteiger partial charge in [-0.05, 0) is 24.3 Å². The Morgan fingerprint density at radius 1 is 1.19 bits per heavy atom. The van der Waals surface area contributed by atoms with Gasteiger partial charge in [0, 0.05) is 11.8 Å². The molecule has 0 bridgehead atoms. The van der Waals surface area contributed by atoms with Gasteiger partial charge in [0.05, 0.1) is 17.1 Å². The first-order valence-corrected chi connectivity index (χ1v) is 7.57. The molecule has 2 N–H and O–H groups in total. The predicted octanol–water partition coefficient (Wildman–Crippen LogP) is 0.299. The fourth-order valence-corrected chi connectivity index (χ4v) is 2.77. The van der Waals surface area contributed by atoms with Crippen molar-refractivity contribution >= 4 is 10.0 Å². The summed E-state index contributed by atoms with van der Waals surface area (Å²) in [6.45, 7) is -0.292. The fourth-order valence-electron chi connectivity index (χ4n) is 1.61. The average Bonchev–Trinajstić information content (AvgIpc) is 2.52. The third kappa shape index (κ3) is 4.10. The number of hydrogen-bond acceptors (Lipinski definition) is 5. The van der Waals surface area contributed by atoms with Gasteiger partial charge >= 0.3 is 0 Å². The number of nitrogens with zero attached hydrogens (tertiary/aromatic N) is 2. The van der Waals surface area contributed by atoms with Crippen LogP contribution in [0, 0.1) is 11.8 Å². The summed E-state index contributed by atoms with van der Waals surface area (Å²) in [7, 11) is -3.72. The minimum atomic E-state index is -3.72. The van der Waals surface area contributed by atoms with E-state index in [4.69, 9.17) is 5.11 Å². The van der Waals surface area contributed by atoms with Crippen molar-refractivity contribution in [1.29, 1.82) is 0 Å². The molecule has 21 heavy (non-hydrogen) atoms. The lowest BCUT2D eigenvalue weighted by molar-refractivity contribution is 0.350. The molecule has 0 unspecified atom stereocenters. The van der Waals surface area contributed by atoms with Crippen molar-refractivity contribution < 1.29 is 13.5 Å². The molecule has 0 aliphatic heterocycles. The molecule has 2 aromatic rings. The standard InChI is InChI=1S/C14H13N3O3S/c18-10-4-6-12-5-1-2-8-14(12)21(19,20)16-11-13-7-3-9-15-17-13/h1-3,5,7-9,16,18H,10-11H2. The van der Waals surface area contributed by atoms with Crippen LogP contribution in [0.2, 0.25) is 0 Å². The second kappa shape index (κ2) is 6.95. The molecule has 1 heterocycles. The van der Waals surface area contributed by atoms with Crippen molar-refractivity contribution in [2.75, 3.05) is 6.61 Å². The highest BCUT2D eigenvalue weighted by molar-refractivity contribution is 7.89. The van der Waals surface area contributed by atoms with E-state index >= 15 is 0 Å². The molecule has 1 aromatic carbocycles. The van der Waals surface area contributed by atoms with Crippen LogP contribution >= 0.6 is 0 Å². The highest BCUT2D eigenvalue weighted by atomic mass is 32.2. The Bertz CT molecular complexity index is 765. The summed E-state index contributed by atoms with van der Waals surface area (Å²) in [6, 6.07) is 9.69. The fraction of sp³-hybridized carbons (Fsp3) is 0.143. The maximum atomic E-state index is 12.3. The maximum absolute atomic E-state index is 12.3. The smallest absolute Gasteiger partial charge is 0.242 e. The van der Waals surface area contributed by atoms with Gasteiger partial charge in [0.15, 0.2) is 0 Å². The number of sulfonamides is 1. The third-order valence-corrected chi connectivity index (χ3v) is 4.01. The van der Waals surface area contributed by atoms with Crippen LogP contribution in [-0.2, 0) is 16.6 Å². The highest BCUT2D eigenvalue weighted by Crippen LogP contribution is 2.14. The third-order valence-electron chi connectivity index (χ3n) is 2.55. The Kier molecular flexibility index (Phi) is 5.00. The van der Waals surface area contributed by atoms with Gasteiger partial charge in [-0.15, -0.1) is 0 Å². The van der Waals surface area contributed by atoms with E-state index in [1.54, 1.807) is 30.3 Å². The van der Waals surface area contributed by atoms with Gasteiger partial charge in [0.2, 0.25) is 10.0 Å². The van der Waals surface area contributed by atoms with E-state index in [0.29, 0.717) is 11.3 Å². The summed E-state index contributed by atoms with van der Waals surface area (Å²) < 4.78 is 27.0. The Labute approximate surface area is 122 Å². The number of nitrogens with one attached hydrogen (secondary N) is 1. The summed E-state index contributed by atoms with van der Waals surface area (Å²) in [5.41, 5.74) is 0.846. The van der Waals surface area contributed by atoms with Gasteiger partial charge in [-0.3, -0.25) is 0 Å². The van der Waals surface area contributed by atoms with Crippen molar-refractivity contribution in [1.82, 2.24) is 14.9 Å². The van der Waals surface area contributed by atoms with Gasteiger partial charge in [0.25, 0.3) is 0 Å². The molecule has 0 aliphatic carbocycles. The van der Waals surface area contributed by atoms with E-state index in [1.165, 1.54) is 12.3 Å². The predicted molar refractivity (Wildman–Crippen MR) is 76.5 cm³/mol. The summed E-state index contributed by atoms with van der Waals surface area (Å²) in [5.74, 6) is 5.06. The summed E-state index contributed by atoms with van der Waals surface area (Å²) in [5, 5.41) is 16.2. The first kappa shape index (κ1) is 15.1. The van der Waals surface area contributed by atoms with Crippen LogP contribution in [0.25, 0.3) is 0 Å². The Morgan fingerprint density at radius 3 is 2.71 bits per heavy atom. The van der Waals surface area contributed by atoms with Gasteiger partial charge in [-0.1, -0.05) is 24.0 Å². The molecule has 2 rings (SSSR count). The first-order valence-electron chi connectivity index (χ1n) is 6.08. The van der Waals surface area contributed by atoms with E-state index in [0.717, 1.165) is 0 Å². The lowest BCUT2D eigenvalue weighted by Crippen LogP contribution is -2.24. The minimum Gasteiger partial charge on any atom is -0.384 e. The van der Waals surface area contributed by atoms with Crippen LogP contribution in [0.15, 0.2) is 47.5 Å². The molecular weight excluding hydrogens is 290 g/mol. The molecule has 0 aliphatic rings. The Morgan fingerprint density at radius 2 is 2.00 bits per heavy atom. The molecule has 0 fully saturated rings. The Hall–Kier alpha value is -2.27. The minimum absolute atomic E-state index is 0.0396. The van der Waals surface area contributed by atoms with Gasteiger partial charge in [-0.25, -0.2) is 13.1 Å². The van der Waals surface area contributed by atoms with Crippen molar-refractivity contribution in [3.8, 4) is 11.8 Å². The van der Waals surface area contributed by atoms with Gasteiger partial charge in [-0.2, -0.15) is 10.2 Å². The van der Waals surface area contributed by atoms with Crippen LogP contribution in [0.1, 0.15) is 11.3 Å². The topological polar surface area (TPSA) is 92.2 Å². The molecule has 7 heteroatoms. The number of aliphatic hydroxyl groups excluding tert-OH is 1. The van der Waals surface area contributed by atoms with E-state index in [-0.39, 0.29) is 18.0 Å². The van der Waals surface area contributed by atoms with E-state index in [9.17, 15) is 8.42 Å². The van der Waals surface area contributed by atoms with E-state index < -0.39 is 10.0 Å². The monoisotopic (exact) mass is 303 g/mol. The Balaban J connectivity index is 2.24. The van der Waals surface area contributed by atoms with Crippen LogP contribution in [-0.4, -0.2) is 30.3 Å². The molecule has 0 saturated carbocycles. The molecule has 0 radical (unpaired) electrons. The number of aliphatic hydroxyl groups is 1. The molecular formula is C14H13N3O3S. The maximum Gasteiger partial charge on any atom is 0.242 e. The van der Waals surface area contributed by atoms with Crippen LogP contribution in [0.5, 0.6) is 0 Å². The molecule has 0 amide bonds. The van der Waals surface area contributed by atoms with E-state index in [2.05, 4.69) is 26.8 Å². The molecule has 0 atom stereocenters. The molecule has 6 nitrogen and oxygen atoms in total. The average molecular weight is 303 g/mol. The largest absolute Gasteiger partial charge is 0.384 e. The zero-order valence-electron chi connectivity index (χ0n) is 11.0. The van der Waals surface area contributed by atoms with E-state index in [1.807, 2.05) is 0 Å². The highest BCUT2D eigenvalue weighted by Gasteiger charge is 2.17. The second-order valence-electron chi connectivity index (χ2n) is 4.00. The van der Waals surface area contributed by atoms with Crippen LogP contribution < -0.4 is 4.72 Å². The second-order valence-corrected chi connectivity index (χ2v) is 5.73. The molecule has 108 valence electrons. The number of hydrogen-bond donors (Lipinski definition) is 2. The molecule has 1 aromatic heterocycles. The van der Waals surface area contributed by atoms with Crippen LogP contribution in [0.3, 0.4) is 0 Å². The van der Waals surface area contributed by atoms with Crippen molar-refractivity contribution in [2.45, 2.75) is 11.4 Å². The quantitative estimate of drug-likeness (QED) is 0.793. The van der Waals surface area contributed by atoms with Gasteiger partial charge in [0.1, 0.15) is 6.61 Å². The lowest BCUT2D eigenvalue weighted by Gasteiger charge is -2.07. The number of benzene rings is 1. The van der Waals surface area contributed by atoms with Crippen LogP contribution in [0.4, 0.5) is 0 Å². The first-order chi connectivity index (χ1) is 10.1. The lowest BCUT2D eigenvalue weighted by atomic mass is 10.2. The molecule has 0 saturated heterocycles. The van der Waals surface area contributed by atoms with Gasteiger partial charge < -0.3 is 5.11 Å². The normalized spacial score (nSPS) is 10.7. The van der Waals surface area contributed by atoms with Crippen molar-refractivity contribution in [2.24, 2.45) is 0 Å². The van der Waals surface area contributed by atoms with Crippen molar-refractivity contribution in [3.05, 3.63) is 53.9 Å². The zero-order valence-corrected chi connectivity index (χ0v) is 11.8. The summed E-state index contributed by atoms with van der Waals surface area (Å²) in [6.07, 6.45) is 1.51. The number of rotatable bonds is 4. The number of aromatic nitrogens is 2. The molecule has 0 spiro atoms. The summed E-state index contributed by atoms with van der Waals surface area (Å²) in [4.78, 5) is 0.0647. The van der Waals surface area contributed by atoms with Crippen molar-refractivity contribution in [3.63, 3.8) is 0 Å². The summed E-state index contributed by atoms with van der Waals surface area (Å²) >= 11 is 0.